The van der Waals surface area contributed by atoms with Crippen molar-refractivity contribution in [2.45, 2.75) is 26.7 Å². The highest BCUT2D eigenvalue weighted by Crippen LogP contribution is 2.30. The second-order valence-electron chi connectivity index (χ2n) is 3.84. The molecule has 0 saturated carbocycles. The van der Waals surface area contributed by atoms with Crippen molar-refractivity contribution in [3.05, 3.63) is 11.3 Å². The minimum absolute atomic E-state index is 0.0573. The van der Waals surface area contributed by atoms with Crippen LogP contribution in [-0.4, -0.2) is 19.2 Å². The third-order valence-electron chi connectivity index (χ3n) is 2.57. The molecule has 0 saturated heterocycles. The second-order valence-corrected chi connectivity index (χ2v) is 3.84. The SMILES string of the molecule is COC1=C(C(C)C)C(=O)C(C=O)CC1. The average Bonchev–Trinajstić information content (AvgIpc) is 2.16. The Bertz CT molecular complexity index is 276. The van der Waals surface area contributed by atoms with E-state index < -0.39 is 5.92 Å². The number of carbonyl (C=O) groups is 2. The highest BCUT2D eigenvalue weighted by molar-refractivity contribution is 6.06. The Balaban J connectivity index is 3.04. The molecule has 3 nitrogen and oxygen atoms in total. The molecule has 0 bridgehead atoms. The van der Waals surface area contributed by atoms with Crippen molar-refractivity contribution in [1.29, 1.82) is 0 Å². The topological polar surface area (TPSA) is 43.4 Å². The molecule has 1 aliphatic rings. The Morgan fingerprint density at radius 2 is 2.14 bits per heavy atom. The first-order valence-electron chi connectivity index (χ1n) is 4.88. The van der Waals surface area contributed by atoms with E-state index in [1.165, 1.54) is 0 Å². The van der Waals surface area contributed by atoms with Gasteiger partial charge >= 0.3 is 0 Å². The van der Waals surface area contributed by atoms with Crippen molar-refractivity contribution >= 4 is 12.1 Å². The van der Waals surface area contributed by atoms with Gasteiger partial charge in [0.25, 0.3) is 0 Å². The Kier molecular flexibility index (Phi) is 3.44. The fourth-order valence-electron chi connectivity index (χ4n) is 1.84. The lowest BCUT2D eigenvalue weighted by Crippen LogP contribution is -2.27. The minimum Gasteiger partial charge on any atom is -0.501 e. The summed E-state index contributed by atoms with van der Waals surface area (Å²) in [5.41, 5.74) is 0.691. The van der Waals surface area contributed by atoms with Crippen molar-refractivity contribution < 1.29 is 14.3 Å². The molecule has 0 fully saturated rings. The van der Waals surface area contributed by atoms with Crippen molar-refractivity contribution in [2.24, 2.45) is 11.8 Å². The predicted molar refractivity (Wildman–Crippen MR) is 52.7 cm³/mol. The third-order valence-corrected chi connectivity index (χ3v) is 2.57. The molecular weight excluding hydrogens is 180 g/mol. The number of ketones is 1. The van der Waals surface area contributed by atoms with Gasteiger partial charge in [0.05, 0.1) is 13.0 Å². The molecule has 1 atom stereocenters. The third kappa shape index (κ3) is 1.86. The molecule has 0 aromatic heterocycles. The van der Waals surface area contributed by atoms with Crippen LogP contribution in [0.1, 0.15) is 26.7 Å². The van der Waals surface area contributed by atoms with Crippen molar-refractivity contribution in [3.8, 4) is 0 Å². The molecule has 0 aliphatic heterocycles. The number of methoxy groups -OCH3 is 1. The first-order chi connectivity index (χ1) is 6.61. The summed E-state index contributed by atoms with van der Waals surface area (Å²) in [6, 6.07) is 0. The largest absolute Gasteiger partial charge is 0.501 e. The van der Waals surface area contributed by atoms with Crippen LogP contribution in [-0.2, 0) is 14.3 Å². The number of carbonyl (C=O) groups excluding carboxylic acids is 2. The van der Waals surface area contributed by atoms with E-state index in [1.54, 1.807) is 7.11 Å². The van der Waals surface area contributed by atoms with Crippen molar-refractivity contribution in [1.82, 2.24) is 0 Å². The molecule has 14 heavy (non-hydrogen) atoms. The first kappa shape index (κ1) is 11.0. The maximum atomic E-state index is 11.8. The lowest BCUT2D eigenvalue weighted by Gasteiger charge is -2.24. The molecule has 0 spiro atoms. The van der Waals surface area contributed by atoms with Crippen LogP contribution in [0.4, 0.5) is 0 Å². The Morgan fingerprint density at radius 3 is 2.57 bits per heavy atom. The summed E-state index contributed by atoms with van der Waals surface area (Å²) in [6.45, 7) is 3.89. The summed E-state index contributed by atoms with van der Waals surface area (Å²) in [5.74, 6) is 0.368. The second kappa shape index (κ2) is 4.40. The molecule has 0 amide bonds. The number of rotatable bonds is 3. The normalized spacial score (nSPS) is 22.9. The van der Waals surface area contributed by atoms with Crippen LogP contribution in [0.2, 0.25) is 0 Å². The number of allylic oxidation sites excluding steroid dienone is 2. The molecule has 0 N–H and O–H groups in total. The highest BCUT2D eigenvalue weighted by atomic mass is 16.5. The quantitative estimate of drug-likeness (QED) is 0.510. The van der Waals surface area contributed by atoms with Gasteiger partial charge in [0.1, 0.15) is 12.0 Å². The molecule has 0 heterocycles. The smallest absolute Gasteiger partial charge is 0.172 e. The highest BCUT2D eigenvalue weighted by Gasteiger charge is 2.31. The fraction of sp³-hybridized carbons (Fsp3) is 0.636. The Labute approximate surface area is 84.1 Å². The Hall–Kier alpha value is -1.12. The minimum atomic E-state index is -0.453. The van der Waals surface area contributed by atoms with Gasteiger partial charge in [-0.15, -0.1) is 0 Å². The standard InChI is InChI=1S/C11H16O3/c1-7(2)10-9(14-3)5-4-8(6-12)11(10)13/h6-8H,4-5H2,1-3H3. The van der Waals surface area contributed by atoms with Gasteiger partial charge in [-0.25, -0.2) is 0 Å². The van der Waals surface area contributed by atoms with E-state index in [0.29, 0.717) is 18.4 Å². The van der Waals surface area contributed by atoms with Crippen LogP contribution < -0.4 is 0 Å². The molecule has 0 radical (unpaired) electrons. The van der Waals surface area contributed by atoms with Gasteiger partial charge in [-0.3, -0.25) is 4.79 Å². The summed E-state index contributed by atoms with van der Waals surface area (Å²) < 4.78 is 5.17. The maximum Gasteiger partial charge on any atom is 0.172 e. The van der Waals surface area contributed by atoms with E-state index in [2.05, 4.69) is 0 Å². The van der Waals surface area contributed by atoms with Gasteiger partial charge in [-0.1, -0.05) is 13.8 Å². The average molecular weight is 196 g/mol. The lowest BCUT2D eigenvalue weighted by molar-refractivity contribution is -0.126. The van der Waals surface area contributed by atoms with Crippen LogP contribution >= 0.6 is 0 Å². The van der Waals surface area contributed by atoms with E-state index in [4.69, 9.17) is 4.74 Å². The van der Waals surface area contributed by atoms with Crippen LogP contribution in [0.5, 0.6) is 0 Å². The van der Waals surface area contributed by atoms with E-state index in [1.807, 2.05) is 13.8 Å². The zero-order valence-electron chi connectivity index (χ0n) is 8.87. The summed E-state index contributed by atoms with van der Waals surface area (Å²) in [4.78, 5) is 22.4. The molecule has 0 aromatic carbocycles. The van der Waals surface area contributed by atoms with Crippen LogP contribution in [0.25, 0.3) is 0 Å². The molecule has 1 unspecified atom stereocenters. The van der Waals surface area contributed by atoms with Crippen LogP contribution in [0.15, 0.2) is 11.3 Å². The molecule has 1 rings (SSSR count). The van der Waals surface area contributed by atoms with Gasteiger partial charge in [0.15, 0.2) is 5.78 Å². The number of Topliss-reactive ketones (excluding diaryl/α,β-unsaturated/α-hetero) is 1. The van der Waals surface area contributed by atoms with Crippen molar-refractivity contribution in [2.75, 3.05) is 7.11 Å². The number of aldehydes is 1. The summed E-state index contributed by atoms with van der Waals surface area (Å²) in [6.07, 6.45) is 2.03. The monoisotopic (exact) mass is 196 g/mol. The molecule has 1 aliphatic carbocycles. The van der Waals surface area contributed by atoms with Gasteiger partial charge in [0, 0.05) is 12.0 Å². The molecule has 0 aromatic rings. The zero-order valence-corrected chi connectivity index (χ0v) is 8.87. The van der Waals surface area contributed by atoms with Crippen molar-refractivity contribution in [3.63, 3.8) is 0 Å². The van der Waals surface area contributed by atoms with E-state index in [9.17, 15) is 9.59 Å². The summed E-state index contributed by atoms with van der Waals surface area (Å²) in [5, 5.41) is 0. The maximum absolute atomic E-state index is 11.8. The molecular formula is C11H16O3. The first-order valence-corrected chi connectivity index (χ1v) is 4.88. The number of hydrogen-bond acceptors (Lipinski definition) is 3. The number of ether oxygens (including phenoxy) is 1. The zero-order chi connectivity index (χ0) is 10.7. The summed E-state index contributed by atoms with van der Waals surface area (Å²) >= 11 is 0. The summed E-state index contributed by atoms with van der Waals surface area (Å²) in [7, 11) is 1.58. The predicted octanol–water partition coefficient (Wildman–Crippen LogP) is 1.72. The van der Waals surface area contributed by atoms with Crippen LogP contribution in [0, 0.1) is 11.8 Å². The van der Waals surface area contributed by atoms with E-state index in [0.717, 1.165) is 12.0 Å². The van der Waals surface area contributed by atoms with Crippen LogP contribution in [0.3, 0.4) is 0 Å². The molecule has 78 valence electrons. The Morgan fingerprint density at radius 1 is 1.50 bits per heavy atom. The van der Waals surface area contributed by atoms with E-state index >= 15 is 0 Å². The fourth-order valence-corrected chi connectivity index (χ4v) is 1.84. The van der Waals surface area contributed by atoms with Gasteiger partial charge < -0.3 is 9.53 Å². The molecule has 3 heteroatoms. The van der Waals surface area contributed by atoms with Gasteiger partial charge in [-0.05, 0) is 12.3 Å². The number of hydrogen-bond donors (Lipinski definition) is 0. The lowest BCUT2D eigenvalue weighted by atomic mass is 9.82. The van der Waals surface area contributed by atoms with Gasteiger partial charge in [0.2, 0.25) is 0 Å². The van der Waals surface area contributed by atoms with E-state index in [-0.39, 0.29) is 11.7 Å². The van der Waals surface area contributed by atoms with Gasteiger partial charge in [-0.2, -0.15) is 0 Å².